The molecular formula is C16H16ClNO5. The molecule has 0 bridgehead atoms. The number of aryl methyl sites for hydroxylation is 1. The number of nitrogens with zero attached hydrogens (tertiary/aromatic N) is 1. The zero-order valence-corrected chi connectivity index (χ0v) is 13.3. The first-order valence-electron chi connectivity index (χ1n) is 7.27. The third kappa shape index (κ3) is 2.92. The number of rotatable bonds is 3. The van der Waals surface area contributed by atoms with Gasteiger partial charge in [-0.3, -0.25) is 9.59 Å². The lowest BCUT2D eigenvalue weighted by Crippen LogP contribution is -2.49. The lowest BCUT2D eigenvalue weighted by Gasteiger charge is -2.34. The van der Waals surface area contributed by atoms with Gasteiger partial charge in [-0.1, -0.05) is 23.7 Å². The van der Waals surface area contributed by atoms with E-state index >= 15 is 0 Å². The number of para-hydroxylation sites is 1. The molecule has 2 aromatic rings. The van der Waals surface area contributed by atoms with E-state index in [0.717, 1.165) is 5.39 Å². The van der Waals surface area contributed by atoms with Crippen molar-refractivity contribution in [1.29, 1.82) is 0 Å². The van der Waals surface area contributed by atoms with Crippen molar-refractivity contribution in [2.45, 2.75) is 19.4 Å². The fourth-order valence-electron chi connectivity index (χ4n) is 2.84. The summed E-state index contributed by atoms with van der Waals surface area (Å²) in [5.41, 5.74) is 1.17. The summed E-state index contributed by atoms with van der Waals surface area (Å²) in [7, 11) is 0. The van der Waals surface area contributed by atoms with Gasteiger partial charge in [-0.2, -0.15) is 0 Å². The molecule has 3 rings (SSSR count). The van der Waals surface area contributed by atoms with Crippen molar-refractivity contribution in [2.24, 2.45) is 0 Å². The quantitative estimate of drug-likeness (QED) is 0.931. The van der Waals surface area contributed by atoms with E-state index < -0.39 is 12.0 Å². The van der Waals surface area contributed by atoms with E-state index in [-0.39, 0.29) is 24.7 Å². The number of carboxylic acids is 1. The van der Waals surface area contributed by atoms with E-state index in [9.17, 15) is 9.59 Å². The molecular weight excluding hydrogens is 322 g/mol. The van der Waals surface area contributed by atoms with Crippen molar-refractivity contribution >= 4 is 34.4 Å². The number of fused-ring (bicyclic) bond motifs is 1. The Bertz CT molecular complexity index is 769. The molecule has 0 saturated carbocycles. The molecule has 1 saturated heterocycles. The van der Waals surface area contributed by atoms with Crippen molar-refractivity contribution in [3.05, 3.63) is 34.5 Å². The molecule has 1 N–H and O–H groups in total. The van der Waals surface area contributed by atoms with Gasteiger partial charge < -0.3 is 19.2 Å². The van der Waals surface area contributed by atoms with Crippen LogP contribution in [0.1, 0.15) is 22.5 Å². The molecule has 1 unspecified atom stereocenters. The van der Waals surface area contributed by atoms with Gasteiger partial charge in [0.05, 0.1) is 30.7 Å². The minimum Gasteiger partial charge on any atom is -0.481 e. The third-order valence-electron chi connectivity index (χ3n) is 4.01. The van der Waals surface area contributed by atoms with Crippen molar-refractivity contribution in [3.63, 3.8) is 0 Å². The minimum atomic E-state index is -0.970. The Morgan fingerprint density at radius 1 is 1.43 bits per heavy atom. The number of hydrogen-bond donors (Lipinski definition) is 1. The van der Waals surface area contributed by atoms with E-state index in [2.05, 4.69) is 0 Å². The number of amides is 1. The van der Waals surface area contributed by atoms with Gasteiger partial charge in [0.25, 0.3) is 5.91 Å². The highest BCUT2D eigenvalue weighted by Crippen LogP contribution is 2.31. The average Bonchev–Trinajstić information content (AvgIpc) is 2.85. The minimum absolute atomic E-state index is 0.161. The number of furan rings is 1. The van der Waals surface area contributed by atoms with Crippen LogP contribution >= 0.6 is 11.6 Å². The molecule has 6 nitrogen and oxygen atoms in total. The summed E-state index contributed by atoms with van der Waals surface area (Å²) in [5.74, 6) is -1.10. The maximum Gasteiger partial charge on any atom is 0.305 e. The summed E-state index contributed by atoms with van der Waals surface area (Å²) in [5, 5.41) is 10.2. The molecule has 1 aliphatic heterocycles. The highest BCUT2D eigenvalue weighted by Gasteiger charge is 2.32. The number of ether oxygens (including phenoxy) is 1. The van der Waals surface area contributed by atoms with Crippen LogP contribution < -0.4 is 0 Å². The second-order valence-electron chi connectivity index (χ2n) is 5.50. The normalized spacial score (nSPS) is 18.3. The van der Waals surface area contributed by atoms with Crippen LogP contribution in [0.5, 0.6) is 0 Å². The molecule has 1 aliphatic rings. The smallest absolute Gasteiger partial charge is 0.305 e. The Balaban J connectivity index is 1.97. The fourth-order valence-corrected chi connectivity index (χ4v) is 3.05. The first-order chi connectivity index (χ1) is 11.0. The molecule has 1 fully saturated rings. The summed E-state index contributed by atoms with van der Waals surface area (Å²) in [6.45, 7) is 2.71. The predicted molar refractivity (Wildman–Crippen MR) is 83.9 cm³/mol. The number of carboxylic acid groups (broad SMARTS) is 1. The number of carbonyl (C=O) groups is 2. The second-order valence-corrected chi connectivity index (χ2v) is 5.91. The molecule has 122 valence electrons. The number of halogens is 1. The molecule has 1 aromatic heterocycles. The maximum atomic E-state index is 12.8. The van der Waals surface area contributed by atoms with Gasteiger partial charge in [-0.25, -0.2) is 0 Å². The van der Waals surface area contributed by atoms with Crippen LogP contribution in [-0.2, 0) is 9.53 Å². The predicted octanol–water partition coefficient (Wildman–Crippen LogP) is 2.71. The maximum absolute atomic E-state index is 12.8. The molecule has 0 radical (unpaired) electrons. The van der Waals surface area contributed by atoms with Gasteiger partial charge in [-0.05, 0) is 13.0 Å². The Labute approximate surface area is 137 Å². The molecule has 7 heteroatoms. The lowest BCUT2D eigenvalue weighted by molar-refractivity contribution is -0.139. The molecule has 1 amide bonds. The second kappa shape index (κ2) is 6.22. The summed E-state index contributed by atoms with van der Waals surface area (Å²) in [4.78, 5) is 25.3. The summed E-state index contributed by atoms with van der Waals surface area (Å²) in [6, 6.07) is 4.83. The summed E-state index contributed by atoms with van der Waals surface area (Å²) < 4.78 is 11.0. The van der Waals surface area contributed by atoms with E-state index in [1.54, 1.807) is 19.1 Å². The van der Waals surface area contributed by atoms with Crippen molar-refractivity contribution < 1.29 is 23.8 Å². The Morgan fingerprint density at radius 2 is 2.22 bits per heavy atom. The highest BCUT2D eigenvalue weighted by molar-refractivity contribution is 6.35. The largest absolute Gasteiger partial charge is 0.481 e. The van der Waals surface area contributed by atoms with E-state index in [1.165, 1.54) is 4.90 Å². The van der Waals surface area contributed by atoms with Crippen LogP contribution in [0.4, 0.5) is 0 Å². The molecule has 0 aliphatic carbocycles. The number of benzene rings is 1. The van der Waals surface area contributed by atoms with E-state index in [4.69, 9.17) is 25.9 Å². The molecule has 1 atom stereocenters. The topological polar surface area (TPSA) is 80.0 Å². The van der Waals surface area contributed by atoms with Gasteiger partial charge in [0.1, 0.15) is 0 Å². The van der Waals surface area contributed by atoms with Gasteiger partial charge >= 0.3 is 5.97 Å². The molecule has 0 spiro atoms. The fraction of sp³-hybridized carbons (Fsp3) is 0.375. The number of aliphatic carboxylic acids is 1. The van der Waals surface area contributed by atoms with Crippen LogP contribution in [0.3, 0.4) is 0 Å². The Morgan fingerprint density at radius 3 is 2.91 bits per heavy atom. The Kier molecular flexibility index (Phi) is 4.28. The van der Waals surface area contributed by atoms with Crippen LogP contribution in [-0.4, -0.2) is 47.7 Å². The third-order valence-corrected chi connectivity index (χ3v) is 4.31. The van der Waals surface area contributed by atoms with Crippen LogP contribution in [0.25, 0.3) is 11.0 Å². The number of carbonyl (C=O) groups excluding carboxylic acids is 1. The summed E-state index contributed by atoms with van der Waals surface area (Å²) in [6.07, 6.45) is -0.161. The standard InChI is InChI=1S/C16H16ClNO5/c1-9-11-3-2-4-12(17)15(11)23-14(9)16(21)18-5-6-22-8-10(18)7-13(19)20/h2-4,10H,5-8H2,1H3,(H,19,20). The van der Waals surface area contributed by atoms with Gasteiger partial charge in [0, 0.05) is 17.5 Å². The van der Waals surface area contributed by atoms with Gasteiger partial charge in [0.2, 0.25) is 0 Å². The Hall–Kier alpha value is -2.05. The van der Waals surface area contributed by atoms with E-state index in [1.807, 2.05) is 6.07 Å². The van der Waals surface area contributed by atoms with Crippen molar-refractivity contribution in [3.8, 4) is 0 Å². The monoisotopic (exact) mass is 337 g/mol. The molecule has 1 aromatic carbocycles. The van der Waals surface area contributed by atoms with Crippen LogP contribution in [0, 0.1) is 6.92 Å². The van der Waals surface area contributed by atoms with Gasteiger partial charge in [0.15, 0.2) is 11.3 Å². The zero-order chi connectivity index (χ0) is 16.6. The van der Waals surface area contributed by atoms with E-state index in [0.29, 0.717) is 29.3 Å². The van der Waals surface area contributed by atoms with Crippen molar-refractivity contribution in [1.82, 2.24) is 4.90 Å². The van der Waals surface area contributed by atoms with Crippen molar-refractivity contribution in [2.75, 3.05) is 19.8 Å². The zero-order valence-electron chi connectivity index (χ0n) is 12.5. The summed E-state index contributed by atoms with van der Waals surface area (Å²) >= 11 is 6.11. The number of hydrogen-bond acceptors (Lipinski definition) is 4. The molecule has 2 heterocycles. The lowest BCUT2D eigenvalue weighted by atomic mass is 10.1. The SMILES string of the molecule is Cc1c(C(=O)N2CCOCC2CC(=O)O)oc2c(Cl)cccc12. The highest BCUT2D eigenvalue weighted by atomic mass is 35.5. The van der Waals surface area contributed by atoms with Crippen LogP contribution in [0.2, 0.25) is 5.02 Å². The van der Waals surface area contributed by atoms with Gasteiger partial charge in [-0.15, -0.1) is 0 Å². The average molecular weight is 338 g/mol. The number of morpholine rings is 1. The first-order valence-corrected chi connectivity index (χ1v) is 7.65. The molecule has 23 heavy (non-hydrogen) atoms. The van der Waals surface area contributed by atoms with Crippen LogP contribution in [0.15, 0.2) is 22.6 Å². The first kappa shape index (κ1) is 15.8.